The van der Waals surface area contributed by atoms with Gasteiger partial charge in [0.05, 0.1) is 0 Å². The van der Waals surface area contributed by atoms with Crippen LogP contribution in [-0.4, -0.2) is 38.6 Å². The van der Waals surface area contributed by atoms with Gasteiger partial charge in [0.15, 0.2) is 0 Å². The first kappa shape index (κ1) is 12.7. The lowest BCUT2D eigenvalue weighted by Gasteiger charge is -2.27. The van der Waals surface area contributed by atoms with E-state index in [1.54, 1.807) is 0 Å². The van der Waals surface area contributed by atoms with Crippen LogP contribution in [0.5, 0.6) is 0 Å². The average molecular weight is 210 g/mol. The molecule has 0 aromatic rings. The topological polar surface area (TPSA) is 15.3 Å². The van der Waals surface area contributed by atoms with E-state index in [-0.39, 0.29) is 0 Å². The predicted octanol–water partition coefficient (Wildman–Crippen LogP) is 2.27. The van der Waals surface area contributed by atoms with Gasteiger partial charge in [-0.2, -0.15) is 0 Å². The summed E-state index contributed by atoms with van der Waals surface area (Å²) in [7, 11) is 4.20. The zero-order chi connectivity index (χ0) is 11.1. The minimum Gasteiger partial charge on any atom is -0.316 e. The van der Waals surface area contributed by atoms with Crippen LogP contribution in [0, 0.1) is 5.92 Å². The molecule has 1 saturated carbocycles. The average Bonchev–Trinajstić information content (AvgIpc) is 2.19. The molecule has 1 N–H and O–H groups in total. The van der Waals surface area contributed by atoms with Crippen LogP contribution in [0.25, 0.3) is 0 Å². The van der Waals surface area contributed by atoms with Gasteiger partial charge >= 0.3 is 0 Å². The Bertz CT molecular complexity index is 183. The standard InChI is InChI=1S/C13H26N2/c1-12(9-14-2)10-15(3)11-13-7-5-4-6-8-13/h13-14H,1,4-11H2,2-3H3. The fraction of sp³-hybridized carbons (Fsp3) is 0.846. The lowest BCUT2D eigenvalue weighted by molar-refractivity contribution is 0.245. The van der Waals surface area contributed by atoms with Gasteiger partial charge in [-0.05, 0) is 38.4 Å². The molecule has 2 heteroatoms. The third-order valence-electron chi connectivity index (χ3n) is 3.21. The van der Waals surface area contributed by atoms with Crippen molar-refractivity contribution in [2.24, 2.45) is 5.92 Å². The molecule has 2 nitrogen and oxygen atoms in total. The Morgan fingerprint density at radius 3 is 2.60 bits per heavy atom. The van der Waals surface area contributed by atoms with E-state index in [4.69, 9.17) is 0 Å². The first-order valence-corrected chi connectivity index (χ1v) is 6.22. The third kappa shape index (κ3) is 5.33. The summed E-state index contributed by atoms with van der Waals surface area (Å²) in [5.74, 6) is 0.936. The molecule has 0 aromatic heterocycles. The monoisotopic (exact) mass is 210 g/mol. The van der Waals surface area contributed by atoms with Crippen molar-refractivity contribution in [1.29, 1.82) is 0 Å². The molecule has 0 atom stereocenters. The van der Waals surface area contributed by atoms with E-state index in [1.165, 1.54) is 44.2 Å². The molecule has 0 spiro atoms. The zero-order valence-electron chi connectivity index (χ0n) is 10.4. The highest BCUT2D eigenvalue weighted by Gasteiger charge is 2.15. The second-order valence-electron chi connectivity index (χ2n) is 4.98. The quantitative estimate of drug-likeness (QED) is 0.677. The van der Waals surface area contributed by atoms with Gasteiger partial charge in [0.1, 0.15) is 0 Å². The van der Waals surface area contributed by atoms with Crippen LogP contribution < -0.4 is 5.32 Å². The summed E-state index contributed by atoms with van der Waals surface area (Å²) in [4.78, 5) is 2.43. The number of likely N-dealkylation sites (N-methyl/N-ethyl adjacent to an activating group) is 2. The molecule has 1 aliphatic rings. The smallest absolute Gasteiger partial charge is 0.0199 e. The number of nitrogens with one attached hydrogen (secondary N) is 1. The van der Waals surface area contributed by atoms with Gasteiger partial charge in [0.25, 0.3) is 0 Å². The van der Waals surface area contributed by atoms with Gasteiger partial charge in [-0.1, -0.05) is 25.8 Å². The Morgan fingerprint density at radius 1 is 1.33 bits per heavy atom. The highest BCUT2D eigenvalue weighted by Crippen LogP contribution is 2.24. The summed E-state index contributed by atoms with van der Waals surface area (Å²) < 4.78 is 0. The summed E-state index contributed by atoms with van der Waals surface area (Å²) in [6, 6.07) is 0. The molecule has 0 saturated heterocycles. The van der Waals surface area contributed by atoms with Gasteiger partial charge in [-0.3, -0.25) is 0 Å². The maximum absolute atomic E-state index is 4.07. The molecule has 0 heterocycles. The minimum absolute atomic E-state index is 0.936. The van der Waals surface area contributed by atoms with E-state index in [0.717, 1.165) is 19.0 Å². The van der Waals surface area contributed by atoms with Gasteiger partial charge < -0.3 is 10.2 Å². The lowest BCUT2D eigenvalue weighted by atomic mass is 9.89. The first-order chi connectivity index (χ1) is 7.22. The Morgan fingerprint density at radius 2 is 2.00 bits per heavy atom. The van der Waals surface area contributed by atoms with Crippen LogP contribution in [0.1, 0.15) is 32.1 Å². The highest BCUT2D eigenvalue weighted by atomic mass is 15.1. The van der Waals surface area contributed by atoms with Gasteiger partial charge in [0.2, 0.25) is 0 Å². The van der Waals surface area contributed by atoms with Crippen molar-refractivity contribution in [1.82, 2.24) is 10.2 Å². The fourth-order valence-corrected chi connectivity index (χ4v) is 2.56. The van der Waals surface area contributed by atoms with E-state index in [0.29, 0.717) is 0 Å². The maximum atomic E-state index is 4.07. The van der Waals surface area contributed by atoms with Crippen LogP contribution in [-0.2, 0) is 0 Å². The largest absolute Gasteiger partial charge is 0.316 e. The molecular weight excluding hydrogens is 184 g/mol. The zero-order valence-corrected chi connectivity index (χ0v) is 10.4. The Labute approximate surface area is 94.7 Å². The summed E-state index contributed by atoms with van der Waals surface area (Å²) >= 11 is 0. The summed E-state index contributed by atoms with van der Waals surface area (Å²) in [6.45, 7) is 7.30. The van der Waals surface area contributed by atoms with Crippen molar-refractivity contribution in [3.8, 4) is 0 Å². The minimum atomic E-state index is 0.936. The van der Waals surface area contributed by atoms with Crippen LogP contribution >= 0.6 is 0 Å². The molecule has 0 radical (unpaired) electrons. The number of hydrogen-bond acceptors (Lipinski definition) is 2. The predicted molar refractivity (Wildman–Crippen MR) is 67.1 cm³/mol. The second kappa shape index (κ2) is 7.02. The Balaban J connectivity index is 2.16. The van der Waals surface area contributed by atoms with Gasteiger partial charge in [-0.15, -0.1) is 0 Å². The summed E-state index contributed by atoms with van der Waals surface area (Å²) in [5, 5.41) is 3.15. The molecule has 15 heavy (non-hydrogen) atoms. The van der Waals surface area contributed by atoms with Crippen LogP contribution in [0.4, 0.5) is 0 Å². The van der Waals surface area contributed by atoms with E-state index in [9.17, 15) is 0 Å². The number of hydrogen-bond donors (Lipinski definition) is 1. The Hall–Kier alpha value is -0.340. The Kier molecular flexibility index (Phi) is 5.96. The summed E-state index contributed by atoms with van der Waals surface area (Å²) in [5.41, 5.74) is 1.29. The molecule has 1 fully saturated rings. The molecule has 1 rings (SSSR count). The van der Waals surface area contributed by atoms with E-state index in [2.05, 4.69) is 23.8 Å². The van der Waals surface area contributed by atoms with Crippen molar-refractivity contribution in [2.45, 2.75) is 32.1 Å². The number of rotatable bonds is 6. The molecule has 88 valence electrons. The third-order valence-corrected chi connectivity index (χ3v) is 3.21. The highest BCUT2D eigenvalue weighted by molar-refractivity contribution is 4.99. The molecule has 0 unspecified atom stereocenters. The van der Waals surface area contributed by atoms with Crippen molar-refractivity contribution >= 4 is 0 Å². The maximum Gasteiger partial charge on any atom is 0.0199 e. The second-order valence-corrected chi connectivity index (χ2v) is 4.98. The lowest BCUT2D eigenvalue weighted by Crippen LogP contribution is -2.30. The molecule has 0 aliphatic heterocycles. The van der Waals surface area contributed by atoms with Crippen molar-refractivity contribution in [3.05, 3.63) is 12.2 Å². The summed E-state index contributed by atoms with van der Waals surface area (Å²) in [6.07, 6.45) is 7.20. The van der Waals surface area contributed by atoms with Crippen molar-refractivity contribution in [3.63, 3.8) is 0 Å². The molecular formula is C13H26N2. The molecule has 0 amide bonds. The first-order valence-electron chi connectivity index (χ1n) is 6.22. The number of nitrogens with zero attached hydrogens (tertiary/aromatic N) is 1. The van der Waals surface area contributed by atoms with Gasteiger partial charge in [-0.25, -0.2) is 0 Å². The van der Waals surface area contributed by atoms with Crippen LogP contribution in [0.3, 0.4) is 0 Å². The SMILES string of the molecule is C=C(CNC)CN(C)CC1CCCCC1. The van der Waals surface area contributed by atoms with Gasteiger partial charge in [0, 0.05) is 19.6 Å². The normalized spacial score (nSPS) is 18.3. The van der Waals surface area contributed by atoms with E-state index >= 15 is 0 Å². The van der Waals surface area contributed by atoms with Crippen molar-refractivity contribution < 1.29 is 0 Å². The molecule has 0 aromatic carbocycles. The fourth-order valence-electron chi connectivity index (χ4n) is 2.56. The molecule has 1 aliphatic carbocycles. The van der Waals surface area contributed by atoms with E-state index in [1.807, 2.05) is 7.05 Å². The van der Waals surface area contributed by atoms with E-state index < -0.39 is 0 Å². The van der Waals surface area contributed by atoms with Crippen LogP contribution in [0.15, 0.2) is 12.2 Å². The van der Waals surface area contributed by atoms with Crippen LogP contribution in [0.2, 0.25) is 0 Å². The van der Waals surface area contributed by atoms with Crippen molar-refractivity contribution in [2.75, 3.05) is 33.7 Å². The molecule has 0 bridgehead atoms.